The SMILES string of the molecule is Cc1cnc(C(=O)NC2CCCC2O)cc1Cc1ccc(-n2cccn2)cc1.O=CO. The van der Waals surface area contributed by atoms with Gasteiger partial charge >= 0.3 is 0 Å². The van der Waals surface area contributed by atoms with Crippen molar-refractivity contribution in [2.24, 2.45) is 0 Å². The summed E-state index contributed by atoms with van der Waals surface area (Å²) in [5.74, 6) is -0.221. The van der Waals surface area contributed by atoms with Crippen LogP contribution in [-0.4, -0.2) is 49.5 Å². The van der Waals surface area contributed by atoms with Gasteiger partial charge < -0.3 is 15.5 Å². The third-order valence-electron chi connectivity index (χ3n) is 5.34. The number of carbonyl (C=O) groups excluding carboxylic acids is 1. The minimum atomic E-state index is -0.456. The van der Waals surface area contributed by atoms with Gasteiger partial charge in [0, 0.05) is 18.6 Å². The molecule has 2 atom stereocenters. The van der Waals surface area contributed by atoms with E-state index in [1.165, 1.54) is 0 Å². The summed E-state index contributed by atoms with van der Waals surface area (Å²) in [6, 6.07) is 11.8. The van der Waals surface area contributed by atoms with Crippen LogP contribution in [0.4, 0.5) is 0 Å². The van der Waals surface area contributed by atoms with E-state index in [9.17, 15) is 9.90 Å². The van der Waals surface area contributed by atoms with E-state index in [4.69, 9.17) is 9.90 Å². The molecule has 2 aromatic heterocycles. The van der Waals surface area contributed by atoms with Crippen molar-refractivity contribution in [2.45, 2.75) is 44.8 Å². The number of carboxylic acid groups (broad SMARTS) is 1. The molecule has 1 amide bonds. The van der Waals surface area contributed by atoms with E-state index in [-0.39, 0.29) is 18.4 Å². The Morgan fingerprint density at radius 1 is 1.29 bits per heavy atom. The Bertz CT molecular complexity index is 1000. The zero-order valence-corrected chi connectivity index (χ0v) is 17.3. The van der Waals surface area contributed by atoms with E-state index in [0.717, 1.165) is 48.1 Å². The fraction of sp³-hybridized carbons (Fsp3) is 0.304. The van der Waals surface area contributed by atoms with E-state index in [1.807, 2.05) is 42.1 Å². The summed E-state index contributed by atoms with van der Waals surface area (Å²) in [5.41, 5.74) is 4.68. The lowest BCUT2D eigenvalue weighted by atomic mass is 10.0. The molecule has 2 heterocycles. The maximum Gasteiger partial charge on any atom is 0.290 e. The summed E-state index contributed by atoms with van der Waals surface area (Å²) < 4.78 is 1.82. The van der Waals surface area contributed by atoms with Gasteiger partial charge in [0.25, 0.3) is 12.4 Å². The molecule has 162 valence electrons. The second-order valence-corrected chi connectivity index (χ2v) is 7.47. The molecule has 0 saturated heterocycles. The predicted octanol–water partition coefficient (Wildman–Crippen LogP) is 2.51. The summed E-state index contributed by atoms with van der Waals surface area (Å²) in [7, 11) is 0. The van der Waals surface area contributed by atoms with Crippen LogP contribution in [0.25, 0.3) is 5.69 Å². The first-order valence-corrected chi connectivity index (χ1v) is 10.1. The Hall–Kier alpha value is -3.52. The van der Waals surface area contributed by atoms with Gasteiger partial charge in [-0.3, -0.25) is 14.6 Å². The van der Waals surface area contributed by atoms with Crippen molar-refractivity contribution in [1.82, 2.24) is 20.1 Å². The smallest absolute Gasteiger partial charge is 0.290 e. The van der Waals surface area contributed by atoms with E-state index in [2.05, 4.69) is 27.5 Å². The predicted molar refractivity (Wildman–Crippen MR) is 115 cm³/mol. The normalized spacial score (nSPS) is 17.5. The minimum absolute atomic E-state index is 0.172. The van der Waals surface area contributed by atoms with Crippen LogP contribution >= 0.6 is 0 Å². The summed E-state index contributed by atoms with van der Waals surface area (Å²) in [6.45, 7) is 1.75. The van der Waals surface area contributed by atoms with Gasteiger partial charge in [0.2, 0.25) is 0 Å². The Morgan fingerprint density at radius 2 is 2.03 bits per heavy atom. The number of hydrogen-bond acceptors (Lipinski definition) is 5. The number of nitrogens with one attached hydrogen (secondary N) is 1. The summed E-state index contributed by atoms with van der Waals surface area (Å²) >= 11 is 0. The highest BCUT2D eigenvalue weighted by Gasteiger charge is 2.27. The first kappa shape index (κ1) is 22.2. The van der Waals surface area contributed by atoms with Gasteiger partial charge in [-0.05, 0) is 73.6 Å². The van der Waals surface area contributed by atoms with Crippen molar-refractivity contribution in [1.29, 1.82) is 0 Å². The molecule has 3 aromatic rings. The molecule has 2 unspecified atom stereocenters. The maximum atomic E-state index is 12.5. The van der Waals surface area contributed by atoms with Gasteiger partial charge in [-0.25, -0.2) is 4.68 Å². The van der Waals surface area contributed by atoms with Crippen molar-refractivity contribution in [2.75, 3.05) is 0 Å². The number of aryl methyl sites for hydroxylation is 1. The zero-order valence-electron chi connectivity index (χ0n) is 17.3. The van der Waals surface area contributed by atoms with Gasteiger partial charge in [-0.1, -0.05) is 12.1 Å². The number of pyridine rings is 1. The fourth-order valence-corrected chi connectivity index (χ4v) is 3.64. The summed E-state index contributed by atoms with van der Waals surface area (Å²) in [4.78, 5) is 25.2. The Labute approximate surface area is 180 Å². The van der Waals surface area contributed by atoms with Crippen LogP contribution < -0.4 is 5.32 Å². The zero-order chi connectivity index (χ0) is 22.2. The van der Waals surface area contributed by atoms with Crippen LogP contribution in [0, 0.1) is 6.92 Å². The number of amides is 1. The number of aliphatic hydroxyl groups is 1. The molecule has 0 spiro atoms. The highest BCUT2D eigenvalue weighted by atomic mass is 16.3. The quantitative estimate of drug-likeness (QED) is 0.544. The van der Waals surface area contributed by atoms with Crippen LogP contribution in [0.3, 0.4) is 0 Å². The highest BCUT2D eigenvalue weighted by molar-refractivity contribution is 5.92. The van der Waals surface area contributed by atoms with Gasteiger partial charge in [0.05, 0.1) is 17.8 Å². The number of aromatic nitrogens is 3. The van der Waals surface area contributed by atoms with Crippen LogP contribution in [-0.2, 0) is 11.2 Å². The molecule has 1 fully saturated rings. The third kappa shape index (κ3) is 5.76. The van der Waals surface area contributed by atoms with Gasteiger partial charge in [-0.15, -0.1) is 0 Å². The topological polar surface area (TPSA) is 117 Å². The Kier molecular flexibility index (Phi) is 7.50. The lowest BCUT2D eigenvalue weighted by Gasteiger charge is -2.16. The molecule has 0 aliphatic heterocycles. The number of carbonyl (C=O) groups is 2. The van der Waals surface area contributed by atoms with Crippen molar-refractivity contribution >= 4 is 12.4 Å². The highest BCUT2D eigenvalue weighted by Crippen LogP contribution is 2.20. The molecule has 0 radical (unpaired) electrons. The summed E-state index contributed by atoms with van der Waals surface area (Å²) in [6.07, 6.45) is 8.17. The van der Waals surface area contributed by atoms with E-state index in [0.29, 0.717) is 5.69 Å². The molecular formula is C23H26N4O4. The third-order valence-corrected chi connectivity index (χ3v) is 5.34. The fourth-order valence-electron chi connectivity index (χ4n) is 3.64. The molecule has 8 heteroatoms. The van der Waals surface area contributed by atoms with Gasteiger partial charge in [-0.2, -0.15) is 5.10 Å². The Morgan fingerprint density at radius 3 is 2.65 bits per heavy atom. The van der Waals surface area contributed by atoms with Crippen molar-refractivity contribution in [3.8, 4) is 5.69 Å². The molecule has 1 aliphatic rings. The standard InChI is InChI=1S/C22H24N4O2.CH2O2/c1-15-14-23-20(22(28)25-19-4-2-5-21(19)27)13-17(15)12-16-6-8-18(9-7-16)26-11-3-10-24-26;2-1-3/h3,6-11,13-14,19,21,27H,2,4-5,12H2,1H3,(H,25,28);1H,(H,2,3). The molecule has 0 bridgehead atoms. The second kappa shape index (κ2) is 10.5. The number of nitrogens with zero attached hydrogens (tertiary/aromatic N) is 3. The van der Waals surface area contributed by atoms with E-state index in [1.54, 1.807) is 12.4 Å². The first-order chi connectivity index (χ1) is 15.0. The molecule has 1 saturated carbocycles. The summed E-state index contributed by atoms with van der Waals surface area (Å²) in [5, 5.41) is 24.0. The average molecular weight is 422 g/mol. The van der Waals surface area contributed by atoms with Crippen molar-refractivity contribution in [3.05, 3.63) is 77.4 Å². The van der Waals surface area contributed by atoms with E-state index < -0.39 is 6.10 Å². The van der Waals surface area contributed by atoms with Crippen LogP contribution in [0.2, 0.25) is 0 Å². The number of rotatable bonds is 5. The number of hydrogen-bond donors (Lipinski definition) is 3. The molecular weight excluding hydrogens is 396 g/mol. The van der Waals surface area contributed by atoms with Gasteiger partial charge in [0.1, 0.15) is 5.69 Å². The Balaban J connectivity index is 0.000000858. The lowest BCUT2D eigenvalue weighted by Crippen LogP contribution is -2.40. The molecule has 4 rings (SSSR count). The first-order valence-electron chi connectivity index (χ1n) is 10.1. The molecule has 8 nitrogen and oxygen atoms in total. The number of benzene rings is 1. The van der Waals surface area contributed by atoms with Gasteiger partial charge in [0.15, 0.2) is 0 Å². The van der Waals surface area contributed by atoms with E-state index >= 15 is 0 Å². The average Bonchev–Trinajstić information content (AvgIpc) is 3.43. The minimum Gasteiger partial charge on any atom is -0.483 e. The van der Waals surface area contributed by atoms with Crippen molar-refractivity contribution < 1.29 is 19.8 Å². The maximum absolute atomic E-state index is 12.5. The molecule has 31 heavy (non-hydrogen) atoms. The molecule has 3 N–H and O–H groups in total. The number of aliphatic hydroxyl groups excluding tert-OH is 1. The monoisotopic (exact) mass is 422 g/mol. The van der Waals surface area contributed by atoms with Crippen LogP contribution in [0.5, 0.6) is 0 Å². The molecule has 1 aliphatic carbocycles. The largest absolute Gasteiger partial charge is 0.483 e. The molecule has 1 aromatic carbocycles. The van der Waals surface area contributed by atoms with Crippen molar-refractivity contribution in [3.63, 3.8) is 0 Å². The second-order valence-electron chi connectivity index (χ2n) is 7.47. The van der Waals surface area contributed by atoms with Crippen LogP contribution in [0.15, 0.2) is 55.0 Å². The van der Waals surface area contributed by atoms with Crippen LogP contribution in [0.1, 0.15) is 46.4 Å². The lowest BCUT2D eigenvalue weighted by molar-refractivity contribution is -0.122.